The quantitative estimate of drug-likeness (QED) is 0.658. The Labute approximate surface area is 192 Å². The molecule has 1 amide bonds. The fourth-order valence-electron chi connectivity index (χ4n) is 4.54. The van der Waals surface area contributed by atoms with Gasteiger partial charge in [0.25, 0.3) is 5.91 Å². The van der Waals surface area contributed by atoms with Crippen molar-refractivity contribution in [2.24, 2.45) is 11.7 Å². The first-order valence-electron chi connectivity index (χ1n) is 11.7. The average molecular weight is 457 g/mol. The summed E-state index contributed by atoms with van der Waals surface area (Å²) in [7, 11) is 0. The largest absolute Gasteiger partial charge is 0.474 e. The lowest BCUT2D eigenvalue weighted by Crippen LogP contribution is -2.40. The molecule has 3 N–H and O–H groups in total. The fourth-order valence-corrected chi connectivity index (χ4v) is 4.54. The van der Waals surface area contributed by atoms with E-state index < -0.39 is 17.2 Å². The molecule has 1 aromatic carbocycles. The van der Waals surface area contributed by atoms with Crippen molar-refractivity contribution in [1.29, 1.82) is 0 Å². The smallest absolute Gasteiger partial charge is 0.255 e. The zero-order valence-corrected chi connectivity index (χ0v) is 19.0. The highest BCUT2D eigenvalue weighted by Gasteiger charge is 2.37. The summed E-state index contributed by atoms with van der Waals surface area (Å²) in [6.07, 6.45) is 6.28. The van der Waals surface area contributed by atoms with Crippen molar-refractivity contribution in [3.8, 4) is 17.0 Å². The summed E-state index contributed by atoms with van der Waals surface area (Å²) in [6, 6.07) is 3.39. The number of amides is 1. The predicted molar refractivity (Wildman–Crippen MR) is 122 cm³/mol. The van der Waals surface area contributed by atoms with Gasteiger partial charge in [-0.25, -0.2) is 13.8 Å². The van der Waals surface area contributed by atoms with Gasteiger partial charge in [-0.2, -0.15) is 0 Å². The minimum absolute atomic E-state index is 0.0235. The number of anilines is 1. The Morgan fingerprint density at radius 1 is 1.24 bits per heavy atom. The molecule has 176 valence electrons. The molecule has 8 heteroatoms. The molecular formula is C25H30F2N4O2. The average Bonchev–Trinajstić information content (AvgIpc) is 3.65. The van der Waals surface area contributed by atoms with Crippen molar-refractivity contribution < 1.29 is 18.3 Å². The third-order valence-electron chi connectivity index (χ3n) is 6.72. The van der Waals surface area contributed by atoms with E-state index in [1.54, 1.807) is 0 Å². The number of hydrogen-bond acceptors (Lipinski definition) is 5. The molecule has 1 aliphatic heterocycles. The Balaban J connectivity index is 1.66. The van der Waals surface area contributed by atoms with Gasteiger partial charge in [0.2, 0.25) is 5.88 Å². The lowest BCUT2D eigenvalue weighted by molar-refractivity contribution is 0.0936. The molecule has 3 aliphatic rings. The molecule has 0 radical (unpaired) electrons. The second-order valence-corrected chi connectivity index (χ2v) is 10.1. The number of nitrogens with zero attached hydrogens (tertiary/aromatic N) is 2. The molecule has 0 bridgehead atoms. The highest BCUT2D eigenvalue weighted by atomic mass is 19.1. The van der Waals surface area contributed by atoms with Gasteiger partial charge in [0, 0.05) is 36.9 Å². The van der Waals surface area contributed by atoms with E-state index in [1.807, 2.05) is 18.7 Å². The number of nitrogens with one attached hydrogen (secondary N) is 1. The number of carbonyl (C=O) groups excluding carboxylic acids is 1. The third kappa shape index (κ3) is 4.81. The fraction of sp³-hybridized carbons (Fsp3) is 0.520. The van der Waals surface area contributed by atoms with Gasteiger partial charge in [-0.05, 0) is 69.6 Å². The molecule has 3 fully saturated rings. The zero-order valence-electron chi connectivity index (χ0n) is 19.0. The van der Waals surface area contributed by atoms with E-state index >= 15 is 0 Å². The maximum atomic E-state index is 14.3. The topological polar surface area (TPSA) is 80.5 Å². The van der Waals surface area contributed by atoms with E-state index in [2.05, 4.69) is 10.3 Å². The first-order valence-corrected chi connectivity index (χ1v) is 11.7. The van der Waals surface area contributed by atoms with Crippen LogP contribution in [0.25, 0.3) is 11.1 Å². The van der Waals surface area contributed by atoms with E-state index in [0.717, 1.165) is 38.2 Å². The number of hydrogen-bond donors (Lipinski definition) is 2. The number of ether oxygens (including phenoxy) is 1. The summed E-state index contributed by atoms with van der Waals surface area (Å²) in [4.78, 5) is 19.9. The van der Waals surface area contributed by atoms with E-state index in [4.69, 9.17) is 10.5 Å². The van der Waals surface area contributed by atoms with Crippen LogP contribution in [0.5, 0.6) is 5.88 Å². The number of aromatic nitrogens is 1. The molecule has 2 heterocycles. The van der Waals surface area contributed by atoms with Crippen molar-refractivity contribution in [3.63, 3.8) is 0 Å². The number of carbonyl (C=O) groups is 1. The van der Waals surface area contributed by atoms with Crippen LogP contribution >= 0.6 is 0 Å². The second-order valence-electron chi connectivity index (χ2n) is 10.1. The third-order valence-corrected chi connectivity index (χ3v) is 6.72. The van der Waals surface area contributed by atoms with Crippen molar-refractivity contribution in [3.05, 3.63) is 41.6 Å². The van der Waals surface area contributed by atoms with Crippen LogP contribution in [-0.2, 0) is 0 Å². The van der Waals surface area contributed by atoms with Gasteiger partial charge in [-0.15, -0.1) is 0 Å². The molecule has 1 aromatic heterocycles. The minimum Gasteiger partial charge on any atom is -0.474 e. The van der Waals surface area contributed by atoms with Crippen LogP contribution in [0, 0.1) is 17.6 Å². The highest BCUT2D eigenvalue weighted by molar-refractivity contribution is 6.04. The van der Waals surface area contributed by atoms with E-state index in [0.29, 0.717) is 41.4 Å². The SMILES string of the molecule is CC(NC(=O)c1cnc(OC2CC2)c(-c2cc(F)cc(F)c2)c1N1CC[C@](C)(N)C1)C1CC1. The molecule has 0 spiro atoms. The van der Waals surface area contributed by atoms with Crippen LogP contribution in [0.2, 0.25) is 0 Å². The van der Waals surface area contributed by atoms with Crippen molar-refractivity contribution in [2.75, 3.05) is 18.0 Å². The Kier molecular flexibility index (Phi) is 5.51. The van der Waals surface area contributed by atoms with Crippen LogP contribution in [0.15, 0.2) is 24.4 Å². The summed E-state index contributed by atoms with van der Waals surface area (Å²) < 4.78 is 34.6. The lowest BCUT2D eigenvalue weighted by Gasteiger charge is -2.28. The van der Waals surface area contributed by atoms with E-state index in [9.17, 15) is 13.6 Å². The number of pyridine rings is 1. The van der Waals surface area contributed by atoms with Gasteiger partial charge in [0.1, 0.15) is 17.7 Å². The lowest BCUT2D eigenvalue weighted by atomic mass is 9.99. The number of halogens is 2. The van der Waals surface area contributed by atoms with Crippen molar-refractivity contribution in [1.82, 2.24) is 10.3 Å². The molecule has 5 rings (SSSR count). The molecule has 6 nitrogen and oxygen atoms in total. The second kappa shape index (κ2) is 8.24. The van der Waals surface area contributed by atoms with Gasteiger partial charge in [0.05, 0.1) is 16.8 Å². The van der Waals surface area contributed by atoms with Gasteiger partial charge in [-0.3, -0.25) is 4.79 Å². The van der Waals surface area contributed by atoms with E-state index in [-0.39, 0.29) is 23.9 Å². The molecule has 1 unspecified atom stereocenters. The van der Waals surface area contributed by atoms with Crippen molar-refractivity contribution in [2.45, 2.75) is 63.6 Å². The monoisotopic (exact) mass is 456 g/mol. The summed E-state index contributed by atoms with van der Waals surface area (Å²) in [5.74, 6) is -0.876. The number of benzene rings is 1. The molecule has 33 heavy (non-hydrogen) atoms. The molecule has 2 atom stereocenters. The summed E-state index contributed by atoms with van der Waals surface area (Å²) >= 11 is 0. The van der Waals surface area contributed by atoms with Gasteiger partial charge >= 0.3 is 0 Å². The van der Waals surface area contributed by atoms with E-state index in [1.165, 1.54) is 18.3 Å². The molecular weight excluding hydrogens is 426 g/mol. The van der Waals surface area contributed by atoms with Crippen molar-refractivity contribution >= 4 is 11.6 Å². The molecule has 2 aliphatic carbocycles. The Morgan fingerprint density at radius 2 is 1.94 bits per heavy atom. The van der Waals surface area contributed by atoms with Gasteiger partial charge in [-0.1, -0.05) is 0 Å². The Hall–Kier alpha value is -2.74. The predicted octanol–water partition coefficient (Wildman–Crippen LogP) is 4.02. The van der Waals surface area contributed by atoms with Crippen LogP contribution in [0.4, 0.5) is 14.5 Å². The summed E-state index contributed by atoms with van der Waals surface area (Å²) in [5, 5.41) is 3.09. The Bertz CT molecular complexity index is 1060. The normalized spacial score (nSPS) is 23.5. The first-order chi connectivity index (χ1) is 15.7. The standard InChI is InChI=1S/C25H30F2N4O2/c1-14(15-3-4-15)30-23(32)20-12-29-24(33-19-5-6-19)21(16-9-17(26)11-18(27)10-16)22(20)31-8-7-25(2,28)13-31/h9-12,14-15,19H,3-8,13,28H2,1-2H3,(H,30,32)/t14?,25-/m0/s1. The number of nitrogens with two attached hydrogens (primary N) is 1. The number of rotatable bonds is 7. The maximum Gasteiger partial charge on any atom is 0.255 e. The van der Waals surface area contributed by atoms with Crippen LogP contribution in [0.3, 0.4) is 0 Å². The minimum atomic E-state index is -0.699. The van der Waals surface area contributed by atoms with Crippen LogP contribution < -0.4 is 20.7 Å². The van der Waals surface area contributed by atoms with Crippen LogP contribution in [-0.4, -0.2) is 41.7 Å². The van der Waals surface area contributed by atoms with Gasteiger partial charge < -0.3 is 20.7 Å². The molecule has 2 aromatic rings. The van der Waals surface area contributed by atoms with Gasteiger partial charge in [0.15, 0.2) is 0 Å². The highest BCUT2D eigenvalue weighted by Crippen LogP contribution is 2.44. The zero-order chi connectivity index (χ0) is 23.3. The molecule has 1 saturated heterocycles. The van der Waals surface area contributed by atoms with Crippen LogP contribution in [0.1, 0.15) is 56.3 Å². The molecule has 2 saturated carbocycles. The maximum absolute atomic E-state index is 14.3. The summed E-state index contributed by atoms with van der Waals surface area (Å²) in [6.45, 7) is 5.08. The summed E-state index contributed by atoms with van der Waals surface area (Å²) in [5.41, 5.74) is 7.63. The first kappa shape index (κ1) is 22.1. The Morgan fingerprint density at radius 3 is 2.52 bits per heavy atom.